The van der Waals surface area contributed by atoms with Crippen molar-refractivity contribution in [3.8, 4) is 0 Å². The monoisotopic (exact) mass is 863 g/mol. The number of unbranched alkanes of at least 4 members (excludes halogenated alkanes) is 20. The second kappa shape index (κ2) is 50.2. The van der Waals surface area contributed by atoms with Crippen LogP contribution in [0.25, 0.3) is 0 Å². The van der Waals surface area contributed by atoms with Gasteiger partial charge in [-0.05, 0) is 116 Å². The van der Waals surface area contributed by atoms with E-state index in [9.17, 15) is 14.4 Å². The molecular formula is C56H94O6. The van der Waals surface area contributed by atoms with Crippen molar-refractivity contribution in [3.63, 3.8) is 0 Å². The van der Waals surface area contributed by atoms with Gasteiger partial charge in [0.05, 0.1) is 0 Å². The lowest BCUT2D eigenvalue weighted by atomic mass is 10.1. The van der Waals surface area contributed by atoms with E-state index in [2.05, 4.69) is 106 Å². The van der Waals surface area contributed by atoms with Crippen LogP contribution in [0.3, 0.4) is 0 Å². The van der Waals surface area contributed by atoms with E-state index in [1.54, 1.807) is 0 Å². The Balaban J connectivity index is 4.48. The zero-order valence-electron chi connectivity index (χ0n) is 40.4. The third-order valence-corrected chi connectivity index (χ3v) is 10.6. The summed E-state index contributed by atoms with van der Waals surface area (Å²) in [4.78, 5) is 37.9. The highest BCUT2D eigenvalue weighted by molar-refractivity contribution is 5.71. The first kappa shape index (κ1) is 58.6. The topological polar surface area (TPSA) is 78.9 Å². The summed E-state index contributed by atoms with van der Waals surface area (Å²) in [7, 11) is 0. The Kier molecular flexibility index (Phi) is 47.5. The zero-order valence-corrected chi connectivity index (χ0v) is 40.4. The van der Waals surface area contributed by atoms with Gasteiger partial charge in [0.2, 0.25) is 0 Å². The molecule has 0 amide bonds. The van der Waals surface area contributed by atoms with Gasteiger partial charge in [-0.3, -0.25) is 14.4 Å². The molecule has 0 aromatic carbocycles. The van der Waals surface area contributed by atoms with Crippen molar-refractivity contribution in [2.24, 2.45) is 0 Å². The quantitative estimate of drug-likeness (QED) is 0.0263. The molecule has 0 aliphatic heterocycles. The Morgan fingerprint density at radius 1 is 0.339 bits per heavy atom. The minimum atomic E-state index is -0.801. The molecule has 0 aromatic heterocycles. The molecule has 0 saturated heterocycles. The van der Waals surface area contributed by atoms with Crippen LogP contribution in [-0.4, -0.2) is 37.2 Å². The maximum atomic E-state index is 12.8. The van der Waals surface area contributed by atoms with E-state index in [-0.39, 0.29) is 31.1 Å². The summed E-state index contributed by atoms with van der Waals surface area (Å²) < 4.78 is 16.7. The van der Waals surface area contributed by atoms with E-state index in [4.69, 9.17) is 14.2 Å². The first-order chi connectivity index (χ1) is 30.5. The molecule has 354 valence electrons. The number of carbonyl (C=O) groups excluding carboxylic acids is 3. The highest BCUT2D eigenvalue weighted by Gasteiger charge is 2.19. The molecule has 6 heteroatoms. The lowest BCUT2D eigenvalue weighted by Crippen LogP contribution is -2.30. The van der Waals surface area contributed by atoms with Crippen LogP contribution in [0.1, 0.15) is 233 Å². The number of esters is 3. The van der Waals surface area contributed by atoms with Crippen LogP contribution in [-0.2, 0) is 28.6 Å². The Bertz CT molecular complexity index is 1220. The summed E-state index contributed by atoms with van der Waals surface area (Å²) in [5.74, 6) is -0.959. The zero-order chi connectivity index (χ0) is 45.1. The van der Waals surface area contributed by atoms with Gasteiger partial charge in [0, 0.05) is 19.3 Å². The van der Waals surface area contributed by atoms with Gasteiger partial charge in [-0.25, -0.2) is 0 Å². The van der Waals surface area contributed by atoms with Gasteiger partial charge in [-0.15, -0.1) is 0 Å². The molecule has 0 fully saturated rings. The normalized spacial score (nSPS) is 12.8. The van der Waals surface area contributed by atoms with Crippen LogP contribution >= 0.6 is 0 Å². The van der Waals surface area contributed by atoms with Gasteiger partial charge in [-0.1, -0.05) is 183 Å². The number of hydrogen-bond acceptors (Lipinski definition) is 6. The SMILES string of the molecule is CC/C=C\C/C=C\C/C=C\CCCCCC(=O)OCC(COC(=O)CCCCCCC/C=C\C/C=C\CCCCCC)OC(=O)CCCCCCC/C=C\C/C=C\CCCCC. The number of allylic oxidation sites excluding steroid dienone is 14. The van der Waals surface area contributed by atoms with Crippen LogP contribution in [0.2, 0.25) is 0 Å². The summed E-state index contributed by atoms with van der Waals surface area (Å²) >= 11 is 0. The fraction of sp³-hybridized carbons (Fsp3) is 0.696. The average molecular weight is 863 g/mol. The van der Waals surface area contributed by atoms with Gasteiger partial charge >= 0.3 is 17.9 Å². The van der Waals surface area contributed by atoms with Crippen molar-refractivity contribution in [3.05, 3.63) is 85.1 Å². The molecule has 0 aliphatic carbocycles. The highest BCUT2D eigenvalue weighted by atomic mass is 16.6. The highest BCUT2D eigenvalue weighted by Crippen LogP contribution is 2.13. The molecule has 0 saturated carbocycles. The average Bonchev–Trinajstić information content (AvgIpc) is 3.27. The Hall–Kier alpha value is -3.41. The Labute approximate surface area is 382 Å². The minimum absolute atomic E-state index is 0.0998. The fourth-order valence-electron chi connectivity index (χ4n) is 6.75. The standard InChI is InChI=1S/C56H94O6/c1-4-7-10-13-16-19-22-25-27-29-31-34-37-40-43-46-49-55(58)61-52-53(51-60-54(57)48-45-42-39-36-33-30-24-21-18-15-12-9-6-3)62-56(59)50-47-44-41-38-35-32-28-26-23-20-17-14-11-8-5-2/h9,12,17-22,26-30,33,53H,4-8,10-11,13-16,23-25,31-32,34-52H2,1-3H3/b12-9-,20-17-,21-18-,22-19-,28-26-,29-27-,33-30-. The molecule has 0 rings (SSSR count). The van der Waals surface area contributed by atoms with E-state index in [1.807, 2.05) is 0 Å². The van der Waals surface area contributed by atoms with Gasteiger partial charge in [0.15, 0.2) is 6.10 Å². The number of carbonyl (C=O) groups is 3. The van der Waals surface area contributed by atoms with E-state index < -0.39 is 6.10 Å². The summed E-state index contributed by atoms with van der Waals surface area (Å²) in [5.41, 5.74) is 0. The molecular weight excluding hydrogens is 769 g/mol. The van der Waals surface area contributed by atoms with Gasteiger partial charge < -0.3 is 14.2 Å². The van der Waals surface area contributed by atoms with E-state index >= 15 is 0 Å². The molecule has 0 aromatic rings. The van der Waals surface area contributed by atoms with Crippen LogP contribution in [0, 0.1) is 0 Å². The number of ether oxygens (including phenoxy) is 3. The third-order valence-electron chi connectivity index (χ3n) is 10.6. The molecule has 6 nitrogen and oxygen atoms in total. The molecule has 1 unspecified atom stereocenters. The predicted octanol–water partition coefficient (Wildman–Crippen LogP) is 16.8. The Morgan fingerprint density at radius 3 is 1.03 bits per heavy atom. The summed E-state index contributed by atoms with van der Waals surface area (Å²) in [6, 6.07) is 0. The van der Waals surface area contributed by atoms with Gasteiger partial charge in [0.1, 0.15) is 13.2 Å². The molecule has 1 atom stereocenters. The number of rotatable bonds is 45. The largest absolute Gasteiger partial charge is 0.462 e. The van der Waals surface area contributed by atoms with Crippen molar-refractivity contribution in [2.75, 3.05) is 13.2 Å². The van der Waals surface area contributed by atoms with Gasteiger partial charge in [-0.2, -0.15) is 0 Å². The van der Waals surface area contributed by atoms with Crippen LogP contribution in [0.4, 0.5) is 0 Å². The molecule has 0 aliphatic rings. The van der Waals surface area contributed by atoms with Crippen LogP contribution < -0.4 is 0 Å². The summed E-state index contributed by atoms with van der Waals surface area (Å²) in [6.07, 6.45) is 64.2. The van der Waals surface area contributed by atoms with E-state index in [0.29, 0.717) is 19.3 Å². The Morgan fingerprint density at radius 2 is 0.629 bits per heavy atom. The third kappa shape index (κ3) is 47.6. The lowest BCUT2D eigenvalue weighted by molar-refractivity contribution is -0.167. The second-order valence-corrected chi connectivity index (χ2v) is 16.7. The van der Waals surface area contributed by atoms with Crippen LogP contribution in [0.15, 0.2) is 85.1 Å². The molecule has 0 bridgehead atoms. The fourth-order valence-corrected chi connectivity index (χ4v) is 6.75. The molecule has 0 N–H and O–H groups in total. The van der Waals surface area contributed by atoms with E-state index in [1.165, 1.54) is 57.8 Å². The van der Waals surface area contributed by atoms with Gasteiger partial charge in [0.25, 0.3) is 0 Å². The van der Waals surface area contributed by atoms with Crippen molar-refractivity contribution >= 4 is 17.9 Å². The molecule has 0 heterocycles. The van der Waals surface area contributed by atoms with E-state index in [0.717, 1.165) is 135 Å². The first-order valence-electron chi connectivity index (χ1n) is 25.6. The van der Waals surface area contributed by atoms with Crippen molar-refractivity contribution in [1.29, 1.82) is 0 Å². The summed E-state index contributed by atoms with van der Waals surface area (Å²) in [5, 5.41) is 0. The van der Waals surface area contributed by atoms with Crippen LogP contribution in [0.5, 0.6) is 0 Å². The van der Waals surface area contributed by atoms with Crippen molar-refractivity contribution < 1.29 is 28.6 Å². The first-order valence-corrected chi connectivity index (χ1v) is 25.6. The maximum absolute atomic E-state index is 12.8. The molecule has 62 heavy (non-hydrogen) atoms. The summed E-state index contributed by atoms with van der Waals surface area (Å²) in [6.45, 7) is 6.42. The lowest BCUT2D eigenvalue weighted by Gasteiger charge is -2.18. The number of hydrogen-bond donors (Lipinski definition) is 0. The maximum Gasteiger partial charge on any atom is 0.306 e. The molecule has 0 radical (unpaired) electrons. The second-order valence-electron chi connectivity index (χ2n) is 16.7. The molecule has 0 spiro atoms. The smallest absolute Gasteiger partial charge is 0.306 e. The van der Waals surface area contributed by atoms with Crippen molar-refractivity contribution in [1.82, 2.24) is 0 Å². The van der Waals surface area contributed by atoms with Crippen molar-refractivity contribution in [2.45, 2.75) is 239 Å². The minimum Gasteiger partial charge on any atom is -0.462 e. The predicted molar refractivity (Wildman–Crippen MR) is 265 cm³/mol.